The Hall–Kier alpha value is -4.96. The van der Waals surface area contributed by atoms with E-state index in [2.05, 4.69) is 123 Å². The third-order valence-corrected chi connectivity index (χ3v) is 10.3. The van der Waals surface area contributed by atoms with E-state index >= 15 is 0 Å². The summed E-state index contributed by atoms with van der Waals surface area (Å²) in [6.45, 7) is 11.1. The monoisotopic (exact) mass is 874 g/mol. The molecule has 2 aromatic heterocycles. The van der Waals surface area contributed by atoms with E-state index in [-0.39, 0.29) is 31.9 Å². The molecule has 0 radical (unpaired) electrons. The summed E-state index contributed by atoms with van der Waals surface area (Å²) in [7, 11) is 0. The second kappa shape index (κ2) is 12.9. The molecule has 53 heavy (non-hydrogen) atoms. The molecule has 1 atom stereocenters. The molecule has 0 N–H and O–H groups in total. The fraction of sp³-hybridized carbons (Fsp3) is 0.213. The number of hydrogen-bond acceptors (Lipinski definition) is 2. The van der Waals surface area contributed by atoms with Gasteiger partial charge in [0.2, 0.25) is 5.95 Å². The first-order valence-electron chi connectivity index (χ1n) is 19.4. The van der Waals surface area contributed by atoms with Gasteiger partial charge in [-0.3, -0.25) is 9.13 Å². The van der Waals surface area contributed by atoms with Gasteiger partial charge in [-0.05, 0) is 69.3 Å². The Morgan fingerprint density at radius 3 is 2.19 bits per heavy atom. The average Bonchev–Trinajstić information content (AvgIpc) is 3.84. The second-order valence-electron chi connectivity index (χ2n) is 15.8. The molecule has 9 rings (SSSR count). The van der Waals surface area contributed by atoms with E-state index in [1.54, 1.807) is 5.01 Å². The van der Waals surface area contributed by atoms with Crippen LogP contribution in [0.1, 0.15) is 75.2 Å². The van der Waals surface area contributed by atoms with Crippen LogP contribution in [0.5, 0.6) is 0 Å². The molecule has 0 aliphatic carbocycles. The van der Waals surface area contributed by atoms with Gasteiger partial charge in [0.1, 0.15) is 5.52 Å². The summed E-state index contributed by atoms with van der Waals surface area (Å²) in [6, 6.07) is 47.7. The molecule has 0 bridgehead atoms. The van der Waals surface area contributed by atoms with Crippen molar-refractivity contribution < 1.29 is 25.2 Å². The molecule has 0 fully saturated rings. The average molecular weight is 875 g/mol. The number of rotatable bonds is 4. The minimum atomic E-state index is -2.31. The predicted molar refractivity (Wildman–Crippen MR) is 216 cm³/mol. The molecule has 268 valence electrons. The van der Waals surface area contributed by atoms with Crippen molar-refractivity contribution in [1.82, 2.24) is 14.1 Å². The summed E-state index contributed by atoms with van der Waals surface area (Å²) < 4.78 is 29.4. The molecule has 8 aromatic rings. The zero-order chi connectivity index (χ0) is 38.4. The Morgan fingerprint density at radius 2 is 1.42 bits per heavy atom. The minimum absolute atomic E-state index is 0. The molecule has 0 amide bonds. The predicted octanol–water partition coefficient (Wildman–Crippen LogP) is 12.5. The molecule has 0 saturated carbocycles. The molecule has 1 aliphatic rings. The van der Waals surface area contributed by atoms with Crippen molar-refractivity contribution in [3.8, 4) is 22.8 Å². The number of anilines is 2. The zero-order valence-electron chi connectivity index (χ0n) is 33.7. The van der Waals surface area contributed by atoms with E-state index < -0.39 is 12.9 Å². The van der Waals surface area contributed by atoms with E-state index in [0.29, 0.717) is 22.7 Å². The van der Waals surface area contributed by atoms with Gasteiger partial charge in [-0.2, -0.15) is 30.3 Å². The van der Waals surface area contributed by atoms with Crippen LogP contribution in [0, 0.1) is 12.1 Å². The molecule has 0 spiro atoms. The smallest absolute Gasteiger partial charge is 0.219 e. The van der Waals surface area contributed by atoms with E-state index in [1.807, 2.05) is 60.7 Å². The molecule has 5 nitrogen and oxygen atoms in total. The number of aromatic nitrogens is 3. The van der Waals surface area contributed by atoms with E-state index in [1.165, 1.54) is 11.1 Å². The largest absolute Gasteiger partial charge is 0.557 e. The maximum absolute atomic E-state index is 8.33. The molecule has 1 aliphatic heterocycles. The number of para-hydroxylation sites is 3. The summed E-state index contributed by atoms with van der Waals surface area (Å²) in [5.41, 5.74) is 15.7. The first kappa shape index (κ1) is 31.6. The van der Waals surface area contributed by atoms with Crippen molar-refractivity contribution in [2.75, 3.05) is 5.01 Å². The summed E-state index contributed by atoms with van der Waals surface area (Å²) in [5.74, 6) is 0.692. The van der Waals surface area contributed by atoms with Gasteiger partial charge in [0.25, 0.3) is 0 Å². The molecular weight excluding hydrogens is 830 g/mol. The standard InChI is InChI=1S/C47H42N5.Pt/c1-30-36-19-11-12-20-40(36)52(49-30)42-22-14-21-41-44(42)48-45(50(41)35-17-9-8-10-18-35)51-39-26-24-34(47(5,6)7)29-38(39)37-25-23-32(28-43(37)51)31-15-13-16-33(27-31)46(2,3)4;/h8-14,16-27,29-30H,1-7H3;/q-3;/i1D3;. The van der Waals surface area contributed by atoms with Crippen molar-refractivity contribution >= 4 is 44.2 Å². The van der Waals surface area contributed by atoms with E-state index in [9.17, 15) is 0 Å². The van der Waals surface area contributed by atoms with Crippen LogP contribution in [0.15, 0.2) is 121 Å². The first-order chi connectivity index (χ1) is 26.2. The summed E-state index contributed by atoms with van der Waals surface area (Å²) in [6.07, 6.45) is 0. The topological polar surface area (TPSA) is 40.1 Å². The fourth-order valence-corrected chi connectivity index (χ4v) is 7.43. The molecule has 0 saturated heterocycles. The number of hydrogen-bond donors (Lipinski definition) is 0. The van der Waals surface area contributed by atoms with Gasteiger partial charge in [-0.15, -0.1) is 17.7 Å². The molecule has 1 unspecified atom stereocenters. The third-order valence-electron chi connectivity index (χ3n) is 10.3. The number of nitrogens with zero attached hydrogens (tertiary/aromatic N) is 5. The Balaban J connectivity index is 0.00000441. The maximum atomic E-state index is 8.33. The quantitative estimate of drug-likeness (QED) is 0.165. The Morgan fingerprint density at radius 1 is 0.679 bits per heavy atom. The van der Waals surface area contributed by atoms with Crippen molar-refractivity contribution in [3.63, 3.8) is 0 Å². The van der Waals surface area contributed by atoms with Gasteiger partial charge in [-0.1, -0.05) is 114 Å². The Labute approximate surface area is 330 Å². The number of fused-ring (bicyclic) bond motifs is 5. The molecule has 6 heteroatoms. The van der Waals surface area contributed by atoms with Crippen LogP contribution in [-0.2, 0) is 31.9 Å². The van der Waals surface area contributed by atoms with Crippen molar-refractivity contribution in [3.05, 3.63) is 156 Å². The van der Waals surface area contributed by atoms with Gasteiger partial charge in [0, 0.05) is 42.1 Å². The van der Waals surface area contributed by atoms with Crippen molar-refractivity contribution in [2.24, 2.45) is 0 Å². The maximum Gasteiger partial charge on any atom is 0.219 e. The van der Waals surface area contributed by atoms with Crippen LogP contribution in [0.4, 0.5) is 11.4 Å². The van der Waals surface area contributed by atoms with Gasteiger partial charge in [-0.25, -0.2) is 16.1 Å². The van der Waals surface area contributed by atoms with Crippen molar-refractivity contribution in [2.45, 2.75) is 65.3 Å². The van der Waals surface area contributed by atoms with Crippen LogP contribution in [0.25, 0.3) is 61.0 Å². The Kier molecular flexibility index (Phi) is 7.66. The summed E-state index contributed by atoms with van der Waals surface area (Å²) in [5, 5.41) is 3.96. The second-order valence-corrected chi connectivity index (χ2v) is 15.8. The minimum Gasteiger partial charge on any atom is -0.557 e. The van der Waals surface area contributed by atoms with Crippen molar-refractivity contribution in [1.29, 1.82) is 0 Å². The zero-order valence-corrected chi connectivity index (χ0v) is 32.9. The van der Waals surface area contributed by atoms with Crippen LogP contribution in [0.2, 0.25) is 0 Å². The third kappa shape index (κ3) is 5.82. The SMILES string of the molecule is [2H]C([2H])([2H])C1[N-]N(c2cccc3c2nc(-n2c4[c-]c(-c5[c-]ccc(C(C)(C)C)c5)ccc4c4cc(C(C)(C)C)ccc42)n3-c2ccccc2)c2ccccc21.[Pt]. The number of imidazole rings is 1. The van der Waals surface area contributed by atoms with Gasteiger partial charge >= 0.3 is 0 Å². The molecule has 3 heterocycles. The first-order valence-corrected chi connectivity index (χ1v) is 17.9. The Bertz CT molecular complexity index is 2770. The molecular formula is C47H42N5Pt-3. The van der Waals surface area contributed by atoms with Gasteiger partial charge in [0.05, 0.1) is 11.2 Å². The summed E-state index contributed by atoms with van der Waals surface area (Å²) in [4.78, 5) is 5.51. The number of benzene rings is 6. The molecule has 6 aromatic carbocycles. The van der Waals surface area contributed by atoms with Crippen LogP contribution in [0.3, 0.4) is 0 Å². The van der Waals surface area contributed by atoms with E-state index in [0.717, 1.165) is 49.8 Å². The van der Waals surface area contributed by atoms with Crippen LogP contribution in [-0.4, -0.2) is 14.1 Å². The van der Waals surface area contributed by atoms with Crippen LogP contribution >= 0.6 is 0 Å². The van der Waals surface area contributed by atoms with E-state index in [4.69, 9.17) is 14.5 Å². The fourth-order valence-electron chi connectivity index (χ4n) is 7.43. The van der Waals surface area contributed by atoms with Gasteiger partial charge < -0.3 is 10.4 Å². The van der Waals surface area contributed by atoms with Crippen LogP contribution < -0.4 is 5.01 Å². The normalized spacial score (nSPS) is 15.7. The van der Waals surface area contributed by atoms with Gasteiger partial charge in [0.15, 0.2) is 0 Å². The summed E-state index contributed by atoms with van der Waals surface area (Å²) >= 11 is 0.